The monoisotopic (exact) mass is 272 g/mol. The van der Waals surface area contributed by atoms with Gasteiger partial charge in [0.05, 0.1) is 18.6 Å². The summed E-state index contributed by atoms with van der Waals surface area (Å²) in [5, 5.41) is 0. The SMILES string of the molecule is COC(=O)C1=C(C)OC(C)=C(C=O)C1c1ccccc1. The van der Waals surface area contributed by atoms with Crippen molar-refractivity contribution < 1.29 is 19.1 Å². The lowest BCUT2D eigenvalue weighted by Gasteiger charge is -2.27. The van der Waals surface area contributed by atoms with Crippen molar-refractivity contribution in [2.75, 3.05) is 7.11 Å². The number of carbonyl (C=O) groups excluding carboxylic acids is 2. The van der Waals surface area contributed by atoms with E-state index in [1.54, 1.807) is 13.8 Å². The number of carbonyl (C=O) groups is 2. The summed E-state index contributed by atoms with van der Waals surface area (Å²) in [7, 11) is 1.32. The highest BCUT2D eigenvalue weighted by Crippen LogP contribution is 2.39. The van der Waals surface area contributed by atoms with Crippen LogP contribution in [0.25, 0.3) is 0 Å². The average molecular weight is 272 g/mol. The van der Waals surface area contributed by atoms with E-state index in [0.717, 1.165) is 11.8 Å². The molecule has 1 aliphatic heterocycles. The minimum Gasteiger partial charge on any atom is -0.466 e. The lowest BCUT2D eigenvalue weighted by molar-refractivity contribution is -0.136. The Balaban J connectivity index is 2.62. The number of allylic oxidation sites excluding steroid dienone is 3. The molecule has 0 fully saturated rings. The molecule has 4 nitrogen and oxygen atoms in total. The van der Waals surface area contributed by atoms with Gasteiger partial charge in [0.15, 0.2) is 0 Å². The third-order valence-electron chi connectivity index (χ3n) is 3.36. The summed E-state index contributed by atoms with van der Waals surface area (Å²) in [6.07, 6.45) is 0.738. The van der Waals surface area contributed by atoms with Crippen molar-refractivity contribution in [2.24, 2.45) is 0 Å². The molecule has 0 radical (unpaired) electrons. The van der Waals surface area contributed by atoms with Crippen LogP contribution in [0, 0.1) is 0 Å². The molecule has 0 bridgehead atoms. The normalized spacial score (nSPS) is 18.6. The highest BCUT2D eigenvalue weighted by molar-refractivity contribution is 5.95. The van der Waals surface area contributed by atoms with Gasteiger partial charge in [0.1, 0.15) is 17.8 Å². The largest absolute Gasteiger partial charge is 0.466 e. The van der Waals surface area contributed by atoms with Crippen LogP contribution in [0.5, 0.6) is 0 Å². The Morgan fingerprint density at radius 3 is 2.40 bits per heavy atom. The summed E-state index contributed by atoms with van der Waals surface area (Å²) in [5.41, 5.74) is 1.67. The highest BCUT2D eigenvalue weighted by atomic mass is 16.5. The molecule has 1 unspecified atom stereocenters. The van der Waals surface area contributed by atoms with Crippen LogP contribution in [0.1, 0.15) is 25.3 Å². The second-order valence-corrected chi connectivity index (χ2v) is 4.54. The molecule has 0 aliphatic carbocycles. The maximum absolute atomic E-state index is 12.0. The summed E-state index contributed by atoms with van der Waals surface area (Å²) >= 11 is 0. The van der Waals surface area contributed by atoms with Crippen LogP contribution in [-0.2, 0) is 19.1 Å². The fraction of sp³-hybridized carbons (Fsp3) is 0.250. The molecule has 1 aliphatic rings. The number of methoxy groups -OCH3 is 1. The zero-order valence-electron chi connectivity index (χ0n) is 11.7. The van der Waals surface area contributed by atoms with Crippen LogP contribution >= 0.6 is 0 Å². The average Bonchev–Trinajstić information content (AvgIpc) is 2.46. The van der Waals surface area contributed by atoms with Gasteiger partial charge in [-0.05, 0) is 19.4 Å². The Morgan fingerprint density at radius 2 is 1.85 bits per heavy atom. The Morgan fingerprint density at radius 1 is 1.20 bits per heavy atom. The third-order valence-corrected chi connectivity index (χ3v) is 3.36. The first-order chi connectivity index (χ1) is 9.60. The first kappa shape index (κ1) is 14.1. The van der Waals surface area contributed by atoms with Crippen LogP contribution in [-0.4, -0.2) is 19.4 Å². The topological polar surface area (TPSA) is 52.6 Å². The molecule has 1 aromatic rings. The van der Waals surface area contributed by atoms with Crippen molar-refractivity contribution in [1.29, 1.82) is 0 Å². The van der Waals surface area contributed by atoms with Crippen LogP contribution in [0.3, 0.4) is 0 Å². The van der Waals surface area contributed by atoms with Crippen molar-refractivity contribution in [2.45, 2.75) is 19.8 Å². The summed E-state index contributed by atoms with van der Waals surface area (Å²) < 4.78 is 10.3. The van der Waals surface area contributed by atoms with E-state index in [2.05, 4.69) is 0 Å². The van der Waals surface area contributed by atoms with Gasteiger partial charge in [-0.25, -0.2) is 4.79 Å². The van der Waals surface area contributed by atoms with E-state index in [0.29, 0.717) is 22.7 Å². The fourth-order valence-electron chi connectivity index (χ4n) is 2.42. The molecule has 2 rings (SSSR count). The molecule has 20 heavy (non-hydrogen) atoms. The zero-order chi connectivity index (χ0) is 14.7. The molecule has 1 atom stereocenters. The second kappa shape index (κ2) is 5.74. The number of hydrogen-bond donors (Lipinski definition) is 0. The molecule has 0 aromatic heterocycles. The molecule has 1 aromatic carbocycles. The fourth-order valence-corrected chi connectivity index (χ4v) is 2.42. The van der Waals surface area contributed by atoms with Gasteiger partial charge in [0.2, 0.25) is 0 Å². The Bertz CT molecular complexity index is 596. The molecular weight excluding hydrogens is 256 g/mol. The standard InChI is InChI=1S/C16H16O4/c1-10-13(9-17)15(12-7-5-4-6-8-12)14(11(2)20-10)16(18)19-3/h4-9,15H,1-3H3. The summed E-state index contributed by atoms with van der Waals surface area (Å²) in [5.74, 6) is 0.0471. The zero-order valence-corrected chi connectivity index (χ0v) is 11.7. The molecule has 0 spiro atoms. The molecule has 0 amide bonds. The molecule has 0 saturated heterocycles. The first-order valence-electron chi connectivity index (χ1n) is 6.28. The van der Waals surface area contributed by atoms with Gasteiger partial charge in [-0.3, -0.25) is 4.79 Å². The van der Waals surface area contributed by atoms with Crippen molar-refractivity contribution >= 4 is 12.3 Å². The van der Waals surface area contributed by atoms with Crippen molar-refractivity contribution in [3.05, 3.63) is 58.6 Å². The molecule has 4 heteroatoms. The Hall–Kier alpha value is -2.36. The predicted octanol–water partition coefficient (Wildman–Crippen LogP) is 2.72. The Kier molecular flexibility index (Phi) is 4.03. The van der Waals surface area contributed by atoms with E-state index in [9.17, 15) is 9.59 Å². The summed E-state index contributed by atoms with van der Waals surface area (Å²) in [4.78, 5) is 23.4. The van der Waals surface area contributed by atoms with E-state index in [4.69, 9.17) is 9.47 Å². The van der Waals surface area contributed by atoms with Gasteiger partial charge in [-0.2, -0.15) is 0 Å². The molecule has 1 heterocycles. The van der Waals surface area contributed by atoms with Crippen LogP contribution in [0.4, 0.5) is 0 Å². The highest BCUT2D eigenvalue weighted by Gasteiger charge is 2.34. The molecule has 0 N–H and O–H groups in total. The number of aldehydes is 1. The van der Waals surface area contributed by atoms with Gasteiger partial charge in [-0.1, -0.05) is 30.3 Å². The van der Waals surface area contributed by atoms with Crippen molar-refractivity contribution in [1.82, 2.24) is 0 Å². The first-order valence-corrected chi connectivity index (χ1v) is 6.28. The molecular formula is C16H16O4. The van der Waals surface area contributed by atoms with Gasteiger partial charge < -0.3 is 9.47 Å². The summed E-state index contributed by atoms with van der Waals surface area (Å²) in [6.45, 7) is 3.42. The maximum atomic E-state index is 12.0. The summed E-state index contributed by atoms with van der Waals surface area (Å²) in [6, 6.07) is 9.37. The van der Waals surface area contributed by atoms with Crippen LogP contribution in [0.2, 0.25) is 0 Å². The number of benzene rings is 1. The van der Waals surface area contributed by atoms with E-state index in [-0.39, 0.29) is 0 Å². The maximum Gasteiger partial charge on any atom is 0.338 e. The second-order valence-electron chi connectivity index (χ2n) is 4.54. The van der Waals surface area contributed by atoms with Gasteiger partial charge in [-0.15, -0.1) is 0 Å². The van der Waals surface area contributed by atoms with E-state index < -0.39 is 11.9 Å². The van der Waals surface area contributed by atoms with E-state index >= 15 is 0 Å². The third kappa shape index (κ3) is 2.37. The van der Waals surface area contributed by atoms with Gasteiger partial charge >= 0.3 is 5.97 Å². The van der Waals surface area contributed by atoms with E-state index in [1.807, 2.05) is 30.3 Å². The predicted molar refractivity (Wildman–Crippen MR) is 73.7 cm³/mol. The van der Waals surface area contributed by atoms with E-state index in [1.165, 1.54) is 7.11 Å². The number of esters is 1. The van der Waals surface area contributed by atoms with Crippen LogP contribution < -0.4 is 0 Å². The number of ether oxygens (including phenoxy) is 2. The lowest BCUT2D eigenvalue weighted by Crippen LogP contribution is -2.23. The lowest BCUT2D eigenvalue weighted by atomic mass is 9.82. The molecule has 0 saturated carbocycles. The van der Waals surface area contributed by atoms with Gasteiger partial charge in [0, 0.05) is 5.57 Å². The Labute approximate surface area is 117 Å². The molecule has 104 valence electrons. The van der Waals surface area contributed by atoms with Gasteiger partial charge in [0.25, 0.3) is 0 Å². The minimum absolute atomic E-state index is 0.367. The van der Waals surface area contributed by atoms with Crippen molar-refractivity contribution in [3.63, 3.8) is 0 Å². The smallest absolute Gasteiger partial charge is 0.338 e. The quantitative estimate of drug-likeness (QED) is 0.627. The van der Waals surface area contributed by atoms with Crippen molar-refractivity contribution in [3.8, 4) is 0 Å². The number of rotatable bonds is 3. The number of hydrogen-bond acceptors (Lipinski definition) is 4. The minimum atomic E-state index is -0.483. The van der Waals surface area contributed by atoms with Crippen LogP contribution in [0.15, 0.2) is 53.0 Å².